The molecule has 280 valence electrons. The molecule has 0 spiro atoms. The highest BCUT2D eigenvalue weighted by Gasteiger charge is 2.32. The van der Waals surface area contributed by atoms with Gasteiger partial charge in [-0.1, -0.05) is 97.1 Å². The maximum atomic E-state index is 14.2. The molecule has 0 aliphatic carbocycles. The zero-order chi connectivity index (χ0) is 38.4. The summed E-state index contributed by atoms with van der Waals surface area (Å²) in [6.07, 6.45) is -3.61. The average Bonchev–Trinajstić information content (AvgIpc) is 3.57. The van der Waals surface area contributed by atoms with E-state index in [9.17, 15) is 18.0 Å². The molecule has 7 aromatic rings. The van der Waals surface area contributed by atoms with E-state index in [1.54, 1.807) is 13.0 Å². The lowest BCUT2D eigenvalue weighted by Gasteiger charge is -2.16. The van der Waals surface area contributed by atoms with E-state index >= 15 is 0 Å². The number of carbonyl (C=O) groups is 1. The molecule has 1 heterocycles. The summed E-state index contributed by atoms with van der Waals surface area (Å²) >= 11 is 0. The minimum atomic E-state index is -4.53. The summed E-state index contributed by atoms with van der Waals surface area (Å²) in [7, 11) is 0. The molecule has 0 saturated heterocycles. The number of carbonyl (C=O) groups excluding carboxylic acids is 1. The molecule has 0 aliphatic rings. The first-order valence-electron chi connectivity index (χ1n) is 18.4. The minimum absolute atomic E-state index is 0.00716. The van der Waals surface area contributed by atoms with Crippen molar-refractivity contribution in [1.29, 1.82) is 0 Å². The summed E-state index contributed by atoms with van der Waals surface area (Å²) < 4.78 is 55.6. The van der Waals surface area contributed by atoms with Gasteiger partial charge >= 0.3 is 6.18 Å². The molecule has 0 fully saturated rings. The van der Waals surface area contributed by atoms with E-state index in [0.717, 1.165) is 50.0 Å². The standard InChI is InChI=1S/C46H42F3N3O3/c1-31-25-40(29-41(26-31)46(47,48)49)45-51-43(38-18-16-33-7-2-4-9-36(33)27-38)44(39-19-17-34-8-3-5-10-37(34)28-39)52(45)30-32-12-14-35(15-13-32)42(53)11-6-21-54-23-24-55-22-20-50/h2-5,7-10,12-19,25-29H,6,11,20-24,30,50H2,1H3. The molecular weight excluding hydrogens is 700 g/mol. The maximum Gasteiger partial charge on any atom is 0.416 e. The predicted octanol–water partition coefficient (Wildman–Crippen LogP) is 10.5. The van der Waals surface area contributed by atoms with Crippen molar-refractivity contribution in [2.45, 2.75) is 32.5 Å². The van der Waals surface area contributed by atoms with E-state index in [1.165, 1.54) is 6.07 Å². The molecule has 55 heavy (non-hydrogen) atoms. The minimum Gasteiger partial charge on any atom is -0.379 e. The molecule has 6 nitrogen and oxygen atoms in total. The Bertz CT molecular complexity index is 2440. The number of nitrogens with zero attached hydrogens (tertiary/aromatic N) is 2. The number of hydrogen-bond donors (Lipinski definition) is 1. The van der Waals surface area contributed by atoms with Crippen LogP contribution in [-0.4, -0.2) is 48.3 Å². The molecule has 2 N–H and O–H groups in total. The number of alkyl halides is 3. The number of halogens is 3. The van der Waals surface area contributed by atoms with Gasteiger partial charge in [-0.3, -0.25) is 4.79 Å². The van der Waals surface area contributed by atoms with Gasteiger partial charge in [0.05, 0.1) is 36.8 Å². The van der Waals surface area contributed by atoms with Crippen LogP contribution in [0.3, 0.4) is 0 Å². The molecule has 0 atom stereocenters. The molecule has 7 rings (SSSR count). The third-order valence-electron chi connectivity index (χ3n) is 9.62. The number of ketones is 1. The number of nitrogens with two attached hydrogens (primary N) is 1. The van der Waals surface area contributed by atoms with Crippen molar-refractivity contribution in [3.63, 3.8) is 0 Å². The molecule has 6 aromatic carbocycles. The van der Waals surface area contributed by atoms with Gasteiger partial charge in [0.15, 0.2) is 5.78 Å². The van der Waals surface area contributed by atoms with Gasteiger partial charge in [-0.25, -0.2) is 4.98 Å². The Morgan fingerprint density at radius 1 is 0.691 bits per heavy atom. The first-order chi connectivity index (χ1) is 26.7. The summed E-state index contributed by atoms with van der Waals surface area (Å²) in [5.74, 6) is 0.418. The Morgan fingerprint density at radius 3 is 1.96 bits per heavy atom. The van der Waals surface area contributed by atoms with Gasteiger partial charge in [-0.15, -0.1) is 0 Å². The van der Waals surface area contributed by atoms with E-state index in [2.05, 4.69) is 18.2 Å². The Labute approximate surface area is 318 Å². The van der Waals surface area contributed by atoms with Gasteiger partial charge in [0.2, 0.25) is 0 Å². The van der Waals surface area contributed by atoms with Gasteiger partial charge in [0, 0.05) is 48.4 Å². The van der Waals surface area contributed by atoms with Gasteiger partial charge < -0.3 is 19.8 Å². The molecule has 0 aliphatic heterocycles. The first kappa shape index (κ1) is 37.7. The van der Waals surface area contributed by atoms with E-state index in [4.69, 9.17) is 20.2 Å². The number of aryl methyl sites for hydroxylation is 1. The van der Waals surface area contributed by atoms with Crippen LogP contribution >= 0.6 is 0 Å². The normalized spacial score (nSPS) is 11.8. The number of aromatic nitrogens is 2. The van der Waals surface area contributed by atoms with Crippen molar-refractivity contribution in [2.24, 2.45) is 5.73 Å². The fourth-order valence-electron chi connectivity index (χ4n) is 6.93. The smallest absolute Gasteiger partial charge is 0.379 e. The molecular formula is C46H42F3N3O3. The second-order valence-electron chi connectivity index (χ2n) is 13.7. The second-order valence-corrected chi connectivity index (χ2v) is 13.7. The number of Topliss-reactive ketones (excluding diaryl/α,β-unsaturated/α-hetero) is 1. The van der Waals surface area contributed by atoms with Gasteiger partial charge in [-0.2, -0.15) is 13.2 Å². The molecule has 0 amide bonds. The SMILES string of the molecule is Cc1cc(-c2nc(-c3ccc4ccccc4c3)c(-c3ccc4ccccc4c3)n2Cc2ccc(C(=O)CCCOCCOCCN)cc2)cc(C(F)(F)F)c1. The zero-order valence-corrected chi connectivity index (χ0v) is 30.6. The van der Waals surface area contributed by atoms with Crippen LogP contribution in [0.15, 0.2) is 127 Å². The lowest BCUT2D eigenvalue weighted by Crippen LogP contribution is -2.12. The highest BCUT2D eigenvalue weighted by molar-refractivity contribution is 5.96. The highest BCUT2D eigenvalue weighted by atomic mass is 19.4. The topological polar surface area (TPSA) is 79.4 Å². The number of fused-ring (bicyclic) bond motifs is 2. The summed E-state index contributed by atoms with van der Waals surface area (Å²) in [5, 5.41) is 4.20. The van der Waals surface area contributed by atoms with Crippen LogP contribution in [0.1, 0.15) is 39.9 Å². The van der Waals surface area contributed by atoms with Gasteiger partial charge in [0.1, 0.15) is 5.82 Å². The number of ether oxygens (including phenoxy) is 2. The Morgan fingerprint density at radius 2 is 1.31 bits per heavy atom. The summed E-state index contributed by atoms with van der Waals surface area (Å²) in [6, 6.07) is 40.0. The number of benzene rings is 6. The van der Waals surface area contributed by atoms with Crippen LogP contribution in [0.2, 0.25) is 0 Å². The lowest BCUT2D eigenvalue weighted by molar-refractivity contribution is -0.137. The summed E-state index contributed by atoms with van der Waals surface area (Å²) in [5.41, 5.74) is 10.1. The van der Waals surface area contributed by atoms with E-state index < -0.39 is 11.7 Å². The quantitative estimate of drug-likeness (QED) is 0.0836. The van der Waals surface area contributed by atoms with Crippen molar-refractivity contribution >= 4 is 27.3 Å². The number of hydrogen-bond acceptors (Lipinski definition) is 5. The Kier molecular flexibility index (Phi) is 11.5. The van der Waals surface area contributed by atoms with Crippen LogP contribution in [0.4, 0.5) is 13.2 Å². The lowest BCUT2D eigenvalue weighted by atomic mass is 9.99. The Hall–Kier alpha value is -5.61. The molecule has 0 bridgehead atoms. The zero-order valence-electron chi connectivity index (χ0n) is 30.6. The number of rotatable bonds is 15. The fourth-order valence-corrected chi connectivity index (χ4v) is 6.93. The van der Waals surface area contributed by atoms with Crippen molar-refractivity contribution in [2.75, 3.05) is 33.0 Å². The molecule has 0 saturated carbocycles. The van der Waals surface area contributed by atoms with Crippen LogP contribution in [0.5, 0.6) is 0 Å². The van der Waals surface area contributed by atoms with E-state index in [-0.39, 0.29) is 5.78 Å². The fraction of sp³-hybridized carbons (Fsp3) is 0.217. The maximum absolute atomic E-state index is 14.2. The molecule has 1 aromatic heterocycles. The summed E-state index contributed by atoms with van der Waals surface area (Å²) in [6.45, 7) is 4.27. The molecule has 9 heteroatoms. The molecule has 0 unspecified atom stereocenters. The van der Waals surface area contributed by atoms with Crippen LogP contribution in [0, 0.1) is 6.92 Å². The average molecular weight is 742 g/mol. The first-order valence-corrected chi connectivity index (χ1v) is 18.4. The molecule has 0 radical (unpaired) electrons. The number of imidazole rings is 1. The Balaban J connectivity index is 1.30. The van der Waals surface area contributed by atoms with Crippen molar-refractivity contribution < 1.29 is 27.4 Å². The van der Waals surface area contributed by atoms with Crippen LogP contribution in [0.25, 0.3) is 55.4 Å². The van der Waals surface area contributed by atoms with Gasteiger partial charge in [0.25, 0.3) is 0 Å². The third-order valence-corrected chi connectivity index (χ3v) is 9.62. The van der Waals surface area contributed by atoms with Crippen LogP contribution < -0.4 is 5.73 Å². The van der Waals surface area contributed by atoms with Crippen molar-refractivity contribution in [3.8, 4) is 33.9 Å². The van der Waals surface area contributed by atoms with Crippen molar-refractivity contribution in [1.82, 2.24) is 9.55 Å². The highest BCUT2D eigenvalue weighted by Crippen LogP contribution is 2.40. The predicted molar refractivity (Wildman–Crippen MR) is 213 cm³/mol. The summed E-state index contributed by atoms with van der Waals surface area (Å²) in [4.78, 5) is 18.3. The largest absolute Gasteiger partial charge is 0.416 e. The van der Waals surface area contributed by atoms with Crippen LogP contribution in [-0.2, 0) is 22.2 Å². The third kappa shape index (κ3) is 8.86. The second kappa shape index (κ2) is 16.8. The van der Waals surface area contributed by atoms with Crippen molar-refractivity contribution in [3.05, 3.63) is 150 Å². The van der Waals surface area contributed by atoms with Gasteiger partial charge in [-0.05, 0) is 76.3 Å². The van der Waals surface area contributed by atoms with E-state index in [1.807, 2.05) is 95.6 Å². The van der Waals surface area contributed by atoms with E-state index in [0.29, 0.717) is 80.6 Å². The monoisotopic (exact) mass is 741 g/mol.